The molecule has 0 aromatic heterocycles. The van der Waals surface area contributed by atoms with E-state index >= 15 is 0 Å². The van der Waals surface area contributed by atoms with Crippen LogP contribution in [0.2, 0.25) is 0 Å². The zero-order chi connectivity index (χ0) is 17.7. The number of hydrogen-bond acceptors (Lipinski definition) is 5. The Balaban J connectivity index is 2.08. The van der Waals surface area contributed by atoms with E-state index in [2.05, 4.69) is 10.9 Å². The number of non-ortho nitro benzene ring substituents is 1. The van der Waals surface area contributed by atoms with Gasteiger partial charge in [-0.15, -0.1) is 0 Å². The molecule has 0 bridgehead atoms. The summed E-state index contributed by atoms with van der Waals surface area (Å²) >= 11 is 0. The fraction of sp³-hybridized carbons (Fsp3) is 0.500. The molecule has 8 nitrogen and oxygen atoms in total. The molecule has 0 radical (unpaired) electrons. The number of anilines is 1. The molecular weight excluding hydrogens is 312 g/mol. The van der Waals surface area contributed by atoms with E-state index in [1.807, 2.05) is 0 Å². The van der Waals surface area contributed by atoms with Crippen LogP contribution in [0.5, 0.6) is 0 Å². The highest BCUT2D eigenvalue weighted by molar-refractivity contribution is 6.01. The van der Waals surface area contributed by atoms with Gasteiger partial charge in [0.2, 0.25) is 5.91 Å². The predicted molar refractivity (Wildman–Crippen MR) is 89.6 cm³/mol. The molecule has 0 aliphatic heterocycles. The van der Waals surface area contributed by atoms with Crippen LogP contribution in [-0.2, 0) is 4.79 Å². The highest BCUT2D eigenvalue weighted by atomic mass is 16.6. The first-order valence-electron chi connectivity index (χ1n) is 7.96. The summed E-state index contributed by atoms with van der Waals surface area (Å²) in [4.78, 5) is 36.5. The second-order valence-corrected chi connectivity index (χ2v) is 6.13. The molecule has 0 atom stereocenters. The van der Waals surface area contributed by atoms with Crippen molar-refractivity contribution in [2.75, 3.05) is 19.0 Å². The fourth-order valence-electron chi connectivity index (χ4n) is 2.86. The maximum Gasteiger partial charge on any atom is 0.272 e. The minimum Gasteiger partial charge on any atom is -0.377 e. The minimum atomic E-state index is -0.577. The number of carbonyl (C=O) groups excluding carboxylic acids is 2. The lowest BCUT2D eigenvalue weighted by Gasteiger charge is -2.21. The summed E-state index contributed by atoms with van der Waals surface area (Å²) < 4.78 is 0. The standard InChI is InChI=1S/C16H22N4O4/c1-19(2)14-9-8-12(20(23)24)10-13(14)16(22)18-17-15(21)11-6-4-3-5-7-11/h8-11H,3-7H2,1-2H3,(H,17,21)(H,18,22). The van der Waals surface area contributed by atoms with Crippen molar-refractivity contribution >= 4 is 23.2 Å². The second kappa shape index (κ2) is 7.76. The van der Waals surface area contributed by atoms with Crippen molar-refractivity contribution in [1.29, 1.82) is 0 Å². The van der Waals surface area contributed by atoms with Gasteiger partial charge < -0.3 is 4.90 Å². The van der Waals surface area contributed by atoms with Crippen molar-refractivity contribution in [3.63, 3.8) is 0 Å². The van der Waals surface area contributed by atoms with Gasteiger partial charge in [0.15, 0.2) is 0 Å². The number of rotatable bonds is 4. The molecule has 1 aliphatic carbocycles. The van der Waals surface area contributed by atoms with E-state index < -0.39 is 10.8 Å². The molecule has 1 aliphatic rings. The molecule has 2 rings (SSSR count). The average molecular weight is 334 g/mol. The second-order valence-electron chi connectivity index (χ2n) is 6.13. The first-order valence-corrected chi connectivity index (χ1v) is 7.96. The zero-order valence-corrected chi connectivity index (χ0v) is 13.9. The van der Waals surface area contributed by atoms with Crippen LogP contribution in [0.1, 0.15) is 42.5 Å². The smallest absolute Gasteiger partial charge is 0.272 e. The summed E-state index contributed by atoms with van der Waals surface area (Å²) in [6.07, 6.45) is 4.81. The van der Waals surface area contributed by atoms with Crippen LogP contribution in [0.3, 0.4) is 0 Å². The first-order chi connectivity index (χ1) is 11.4. The Hall–Kier alpha value is -2.64. The number of amides is 2. The molecule has 8 heteroatoms. The lowest BCUT2D eigenvalue weighted by molar-refractivity contribution is -0.384. The van der Waals surface area contributed by atoms with Crippen LogP contribution in [0, 0.1) is 16.0 Å². The van der Waals surface area contributed by atoms with Crippen LogP contribution in [-0.4, -0.2) is 30.8 Å². The van der Waals surface area contributed by atoms with Crippen LogP contribution in [0.25, 0.3) is 0 Å². The topological polar surface area (TPSA) is 105 Å². The maximum atomic E-state index is 12.4. The number of benzene rings is 1. The third-order valence-corrected chi connectivity index (χ3v) is 4.19. The highest BCUT2D eigenvalue weighted by Crippen LogP contribution is 2.25. The summed E-state index contributed by atoms with van der Waals surface area (Å²) in [6.45, 7) is 0. The molecule has 1 fully saturated rings. The van der Waals surface area contributed by atoms with Crippen LogP contribution >= 0.6 is 0 Å². The lowest BCUT2D eigenvalue weighted by Crippen LogP contribution is -2.45. The van der Waals surface area contributed by atoms with E-state index in [1.165, 1.54) is 18.2 Å². The molecule has 0 saturated heterocycles. The summed E-state index contributed by atoms with van der Waals surface area (Å²) in [7, 11) is 3.47. The van der Waals surface area contributed by atoms with Gasteiger partial charge in [-0.1, -0.05) is 19.3 Å². The van der Waals surface area contributed by atoms with Crippen molar-refractivity contribution in [1.82, 2.24) is 10.9 Å². The van der Waals surface area contributed by atoms with Crippen LogP contribution < -0.4 is 15.8 Å². The van der Waals surface area contributed by atoms with Gasteiger partial charge in [0.05, 0.1) is 10.5 Å². The molecule has 130 valence electrons. The average Bonchev–Trinajstić information content (AvgIpc) is 2.59. The minimum absolute atomic E-state index is 0.0857. The van der Waals surface area contributed by atoms with Gasteiger partial charge in [-0.05, 0) is 18.9 Å². The molecule has 1 aromatic rings. The molecule has 0 unspecified atom stereocenters. The van der Waals surface area contributed by atoms with Crippen molar-refractivity contribution in [3.8, 4) is 0 Å². The first kappa shape index (κ1) is 17.7. The number of hydrazine groups is 1. The van der Waals surface area contributed by atoms with Gasteiger partial charge in [0.1, 0.15) is 0 Å². The summed E-state index contributed by atoms with van der Waals surface area (Å²) in [5.41, 5.74) is 5.30. The summed E-state index contributed by atoms with van der Waals surface area (Å²) in [5, 5.41) is 10.9. The van der Waals surface area contributed by atoms with E-state index in [-0.39, 0.29) is 23.1 Å². The van der Waals surface area contributed by atoms with E-state index in [9.17, 15) is 19.7 Å². The normalized spacial score (nSPS) is 14.8. The third kappa shape index (κ3) is 4.21. The van der Waals surface area contributed by atoms with Gasteiger partial charge in [-0.25, -0.2) is 0 Å². The van der Waals surface area contributed by atoms with Gasteiger partial charge in [0, 0.05) is 37.8 Å². The maximum absolute atomic E-state index is 12.4. The quantitative estimate of drug-likeness (QED) is 0.647. The monoisotopic (exact) mass is 334 g/mol. The summed E-state index contributed by atoms with van der Waals surface area (Å²) in [5.74, 6) is -0.871. The molecule has 2 amide bonds. The number of nitrogens with one attached hydrogen (secondary N) is 2. The fourth-order valence-corrected chi connectivity index (χ4v) is 2.86. The van der Waals surface area contributed by atoms with Crippen molar-refractivity contribution in [3.05, 3.63) is 33.9 Å². The number of hydrogen-bond donors (Lipinski definition) is 2. The van der Waals surface area contributed by atoms with Gasteiger partial charge in [-0.3, -0.25) is 30.6 Å². The number of carbonyl (C=O) groups is 2. The number of nitro groups is 1. The molecule has 1 aromatic carbocycles. The van der Waals surface area contributed by atoms with E-state index in [4.69, 9.17) is 0 Å². The van der Waals surface area contributed by atoms with Crippen LogP contribution in [0.15, 0.2) is 18.2 Å². The van der Waals surface area contributed by atoms with Gasteiger partial charge >= 0.3 is 0 Å². The van der Waals surface area contributed by atoms with Gasteiger partial charge in [0.25, 0.3) is 11.6 Å². The van der Waals surface area contributed by atoms with Crippen molar-refractivity contribution < 1.29 is 14.5 Å². The molecule has 0 heterocycles. The Morgan fingerprint density at radius 1 is 1.17 bits per heavy atom. The molecular formula is C16H22N4O4. The van der Waals surface area contributed by atoms with E-state index in [0.29, 0.717) is 5.69 Å². The Labute approximate surface area is 140 Å². The van der Waals surface area contributed by atoms with Gasteiger partial charge in [-0.2, -0.15) is 0 Å². The zero-order valence-electron chi connectivity index (χ0n) is 13.9. The van der Waals surface area contributed by atoms with E-state index in [1.54, 1.807) is 19.0 Å². The Kier molecular flexibility index (Phi) is 5.73. The Bertz CT molecular complexity index is 639. The molecule has 24 heavy (non-hydrogen) atoms. The number of nitro benzene ring substituents is 1. The lowest BCUT2D eigenvalue weighted by atomic mass is 9.89. The predicted octanol–water partition coefficient (Wildman–Crippen LogP) is 2.00. The summed E-state index contributed by atoms with van der Waals surface area (Å²) in [6, 6.07) is 4.06. The van der Waals surface area contributed by atoms with E-state index in [0.717, 1.165) is 32.1 Å². The van der Waals surface area contributed by atoms with Crippen molar-refractivity contribution in [2.45, 2.75) is 32.1 Å². The molecule has 0 spiro atoms. The highest BCUT2D eigenvalue weighted by Gasteiger charge is 2.23. The Morgan fingerprint density at radius 3 is 2.42 bits per heavy atom. The van der Waals surface area contributed by atoms with Crippen molar-refractivity contribution in [2.24, 2.45) is 5.92 Å². The molecule has 2 N–H and O–H groups in total. The van der Waals surface area contributed by atoms with Crippen LogP contribution in [0.4, 0.5) is 11.4 Å². The Morgan fingerprint density at radius 2 is 1.83 bits per heavy atom. The molecule has 1 saturated carbocycles. The SMILES string of the molecule is CN(C)c1ccc([N+](=O)[O-])cc1C(=O)NNC(=O)C1CCCCC1. The third-order valence-electron chi connectivity index (χ3n) is 4.19. The number of nitrogens with zero attached hydrogens (tertiary/aromatic N) is 2. The largest absolute Gasteiger partial charge is 0.377 e.